The number of nitrogens with zero attached hydrogens (tertiary/aromatic N) is 1. The zero-order valence-electron chi connectivity index (χ0n) is 13.7. The van der Waals surface area contributed by atoms with Crippen molar-refractivity contribution in [1.29, 1.82) is 0 Å². The van der Waals surface area contributed by atoms with Crippen LogP contribution >= 0.6 is 11.6 Å². The van der Waals surface area contributed by atoms with E-state index in [4.69, 9.17) is 11.6 Å². The van der Waals surface area contributed by atoms with Crippen molar-refractivity contribution in [3.63, 3.8) is 0 Å². The number of benzene rings is 1. The summed E-state index contributed by atoms with van der Waals surface area (Å²) < 4.78 is 38.7. The standard InChI is InChI=1S/C18H24ClF3N2/c1-2-3-4-5-6-17(24-11-9-23-10-12-24)14-7-8-15(16(19)13-14)18(20,21)22/h2,7-8,13,17,23H,1,3-6,9-12H2/t17-/m1/s1. The molecule has 1 saturated heterocycles. The normalized spacial score (nSPS) is 17.7. The number of piperazine rings is 1. The van der Waals surface area contributed by atoms with Gasteiger partial charge >= 0.3 is 6.18 Å². The van der Waals surface area contributed by atoms with Crippen LogP contribution < -0.4 is 5.32 Å². The number of nitrogens with one attached hydrogen (secondary N) is 1. The number of alkyl halides is 3. The Kier molecular flexibility index (Phi) is 7.14. The van der Waals surface area contributed by atoms with Crippen molar-refractivity contribution in [2.24, 2.45) is 0 Å². The van der Waals surface area contributed by atoms with Crippen molar-refractivity contribution in [3.05, 3.63) is 47.0 Å². The van der Waals surface area contributed by atoms with E-state index in [0.29, 0.717) is 0 Å². The lowest BCUT2D eigenvalue weighted by Crippen LogP contribution is -2.45. The van der Waals surface area contributed by atoms with Gasteiger partial charge in [-0.25, -0.2) is 0 Å². The van der Waals surface area contributed by atoms with E-state index < -0.39 is 11.7 Å². The summed E-state index contributed by atoms with van der Waals surface area (Å²) in [6, 6.07) is 4.28. The summed E-state index contributed by atoms with van der Waals surface area (Å²) in [6.07, 6.45) is 1.41. The quantitative estimate of drug-likeness (QED) is 0.540. The first-order valence-corrected chi connectivity index (χ1v) is 8.73. The second-order valence-electron chi connectivity index (χ2n) is 6.11. The van der Waals surface area contributed by atoms with Gasteiger partial charge in [0.25, 0.3) is 0 Å². The molecule has 1 atom stereocenters. The predicted molar refractivity (Wildman–Crippen MR) is 92.3 cm³/mol. The van der Waals surface area contributed by atoms with Crippen LogP contribution in [0.2, 0.25) is 5.02 Å². The van der Waals surface area contributed by atoms with Gasteiger partial charge in [-0.05, 0) is 37.0 Å². The molecule has 2 rings (SSSR count). The Morgan fingerprint density at radius 2 is 1.96 bits per heavy atom. The molecule has 0 aromatic heterocycles. The fraction of sp³-hybridized carbons (Fsp3) is 0.556. The number of hydrogen-bond acceptors (Lipinski definition) is 2. The van der Waals surface area contributed by atoms with Crippen molar-refractivity contribution in [3.8, 4) is 0 Å². The maximum atomic E-state index is 12.9. The average Bonchev–Trinajstić information content (AvgIpc) is 2.54. The molecule has 0 bridgehead atoms. The Bertz CT molecular complexity index is 540. The van der Waals surface area contributed by atoms with Crippen LogP contribution in [0.5, 0.6) is 0 Å². The van der Waals surface area contributed by atoms with Gasteiger partial charge in [0.15, 0.2) is 0 Å². The van der Waals surface area contributed by atoms with Gasteiger partial charge in [-0.15, -0.1) is 6.58 Å². The molecule has 1 aliphatic heterocycles. The predicted octanol–water partition coefficient (Wildman–Crippen LogP) is 5.05. The lowest BCUT2D eigenvalue weighted by atomic mass is 9.97. The van der Waals surface area contributed by atoms with Gasteiger partial charge in [-0.2, -0.15) is 13.2 Å². The molecule has 0 spiro atoms. The molecule has 1 heterocycles. The maximum absolute atomic E-state index is 12.9. The van der Waals surface area contributed by atoms with E-state index in [9.17, 15) is 13.2 Å². The molecule has 134 valence electrons. The smallest absolute Gasteiger partial charge is 0.314 e. The second-order valence-corrected chi connectivity index (χ2v) is 6.52. The number of unbranched alkanes of at least 4 members (excludes halogenated alkanes) is 2. The van der Waals surface area contributed by atoms with Gasteiger partial charge in [0.2, 0.25) is 0 Å². The van der Waals surface area contributed by atoms with Crippen LogP contribution in [0.15, 0.2) is 30.9 Å². The van der Waals surface area contributed by atoms with E-state index in [2.05, 4.69) is 16.8 Å². The van der Waals surface area contributed by atoms with Crippen molar-refractivity contribution in [2.75, 3.05) is 26.2 Å². The second kappa shape index (κ2) is 8.88. The minimum absolute atomic E-state index is 0.108. The third kappa shape index (κ3) is 5.23. The fourth-order valence-corrected chi connectivity index (χ4v) is 3.44. The number of allylic oxidation sites excluding steroid dienone is 1. The highest BCUT2D eigenvalue weighted by Crippen LogP contribution is 2.37. The highest BCUT2D eigenvalue weighted by Gasteiger charge is 2.33. The van der Waals surface area contributed by atoms with Gasteiger partial charge in [0.05, 0.1) is 10.6 Å². The van der Waals surface area contributed by atoms with E-state index in [-0.39, 0.29) is 11.1 Å². The molecule has 1 fully saturated rings. The van der Waals surface area contributed by atoms with Crippen molar-refractivity contribution >= 4 is 11.6 Å². The summed E-state index contributed by atoms with van der Waals surface area (Å²) in [5.41, 5.74) is 0.104. The van der Waals surface area contributed by atoms with Crippen LogP contribution in [-0.4, -0.2) is 31.1 Å². The Morgan fingerprint density at radius 3 is 2.54 bits per heavy atom. The summed E-state index contributed by atoms with van der Waals surface area (Å²) >= 11 is 5.92. The minimum atomic E-state index is -4.41. The Hall–Kier alpha value is -1.04. The molecule has 1 aromatic carbocycles. The number of halogens is 4. The van der Waals surface area contributed by atoms with Crippen LogP contribution in [0.4, 0.5) is 13.2 Å². The average molecular weight is 361 g/mol. The van der Waals surface area contributed by atoms with E-state index in [1.165, 1.54) is 6.07 Å². The van der Waals surface area contributed by atoms with E-state index >= 15 is 0 Å². The van der Waals surface area contributed by atoms with E-state index in [1.54, 1.807) is 6.07 Å². The molecule has 2 nitrogen and oxygen atoms in total. The van der Waals surface area contributed by atoms with Gasteiger partial charge in [-0.3, -0.25) is 4.90 Å². The third-order valence-corrected chi connectivity index (χ3v) is 4.72. The molecule has 6 heteroatoms. The van der Waals surface area contributed by atoms with Crippen LogP contribution in [0.25, 0.3) is 0 Å². The van der Waals surface area contributed by atoms with Gasteiger partial charge in [-0.1, -0.05) is 30.2 Å². The molecule has 0 aliphatic carbocycles. The first kappa shape index (κ1) is 19.3. The van der Waals surface area contributed by atoms with Crippen molar-refractivity contribution in [1.82, 2.24) is 10.2 Å². The zero-order valence-corrected chi connectivity index (χ0v) is 14.5. The monoisotopic (exact) mass is 360 g/mol. The largest absolute Gasteiger partial charge is 0.417 e. The zero-order chi connectivity index (χ0) is 17.6. The van der Waals surface area contributed by atoms with Gasteiger partial charge in [0, 0.05) is 32.2 Å². The minimum Gasteiger partial charge on any atom is -0.314 e. The lowest BCUT2D eigenvalue weighted by Gasteiger charge is -2.35. The fourth-order valence-electron chi connectivity index (χ4n) is 3.15. The van der Waals surface area contributed by atoms with E-state index in [1.807, 2.05) is 6.08 Å². The summed E-state index contributed by atoms with van der Waals surface area (Å²) in [4.78, 5) is 2.34. The molecule has 1 N–H and O–H groups in total. The first-order valence-electron chi connectivity index (χ1n) is 8.36. The third-order valence-electron chi connectivity index (χ3n) is 4.41. The highest BCUT2D eigenvalue weighted by molar-refractivity contribution is 6.31. The van der Waals surface area contributed by atoms with Crippen LogP contribution in [-0.2, 0) is 6.18 Å². The van der Waals surface area contributed by atoms with Crippen LogP contribution in [0, 0.1) is 0 Å². The topological polar surface area (TPSA) is 15.3 Å². The summed E-state index contributed by atoms with van der Waals surface area (Å²) in [5, 5.41) is 3.09. The summed E-state index contributed by atoms with van der Waals surface area (Å²) in [6.45, 7) is 7.31. The molecular weight excluding hydrogens is 337 g/mol. The molecule has 1 aromatic rings. The number of rotatable bonds is 7. The highest BCUT2D eigenvalue weighted by atomic mass is 35.5. The van der Waals surface area contributed by atoms with Gasteiger partial charge in [0.1, 0.15) is 0 Å². The Morgan fingerprint density at radius 1 is 1.25 bits per heavy atom. The van der Waals surface area contributed by atoms with E-state index in [0.717, 1.165) is 63.5 Å². The Labute approximate surface area is 146 Å². The maximum Gasteiger partial charge on any atom is 0.417 e. The van der Waals surface area contributed by atoms with Gasteiger partial charge < -0.3 is 5.32 Å². The lowest BCUT2D eigenvalue weighted by molar-refractivity contribution is -0.137. The molecule has 0 radical (unpaired) electrons. The molecule has 24 heavy (non-hydrogen) atoms. The number of hydrogen-bond donors (Lipinski definition) is 1. The molecule has 0 unspecified atom stereocenters. The Balaban J connectivity index is 2.18. The summed E-state index contributed by atoms with van der Waals surface area (Å²) in [5.74, 6) is 0. The van der Waals surface area contributed by atoms with Crippen LogP contribution in [0.3, 0.4) is 0 Å². The molecule has 0 saturated carbocycles. The summed E-state index contributed by atoms with van der Waals surface area (Å²) in [7, 11) is 0. The first-order chi connectivity index (χ1) is 11.4. The SMILES string of the molecule is C=CCCCC[C@H](c1ccc(C(F)(F)F)c(Cl)c1)N1CCNCC1. The molecule has 0 amide bonds. The molecular formula is C18H24ClF3N2. The van der Waals surface area contributed by atoms with Crippen LogP contribution in [0.1, 0.15) is 42.9 Å². The van der Waals surface area contributed by atoms with Crippen molar-refractivity contribution < 1.29 is 13.2 Å². The molecule has 1 aliphatic rings. The van der Waals surface area contributed by atoms with Crippen molar-refractivity contribution in [2.45, 2.75) is 37.9 Å².